The predicted molar refractivity (Wildman–Crippen MR) is 99.8 cm³/mol. The van der Waals surface area contributed by atoms with E-state index in [0.717, 1.165) is 16.3 Å². The zero-order chi connectivity index (χ0) is 17.6. The van der Waals surface area contributed by atoms with E-state index in [1.54, 1.807) is 6.07 Å². The average Bonchev–Trinajstić information content (AvgIpc) is 2.63. The molecule has 0 aliphatic carbocycles. The van der Waals surface area contributed by atoms with E-state index in [4.69, 9.17) is 0 Å². The second-order valence-corrected chi connectivity index (χ2v) is 5.76. The molecule has 5 heteroatoms. The van der Waals surface area contributed by atoms with Crippen LogP contribution >= 0.6 is 0 Å². The van der Waals surface area contributed by atoms with Crippen LogP contribution in [0.4, 0.5) is 4.79 Å². The van der Waals surface area contributed by atoms with E-state index in [1.165, 1.54) is 11.8 Å². The van der Waals surface area contributed by atoms with Gasteiger partial charge in [-0.3, -0.25) is 0 Å². The fraction of sp³-hybridized carbons (Fsp3) is 0.100. The molecule has 0 atom stereocenters. The van der Waals surface area contributed by atoms with Crippen LogP contribution < -0.4 is 10.7 Å². The first-order valence-electron chi connectivity index (χ1n) is 7.96. The Hall–Kier alpha value is -3.34. The number of amides is 2. The molecule has 0 spiro atoms. The summed E-state index contributed by atoms with van der Waals surface area (Å²) in [4.78, 5) is 11.8. The number of carbonyl (C=O) groups excluding carboxylic acids is 1. The predicted octanol–water partition coefficient (Wildman–Crippen LogP) is 3.69. The number of fused-ring (bicyclic) bond motifs is 1. The lowest BCUT2D eigenvalue weighted by molar-refractivity contribution is 0.241. The van der Waals surface area contributed by atoms with Crippen LogP contribution in [-0.2, 0) is 6.54 Å². The van der Waals surface area contributed by atoms with E-state index in [2.05, 4.69) is 15.8 Å². The van der Waals surface area contributed by atoms with Crippen molar-refractivity contribution < 1.29 is 9.90 Å². The maximum Gasteiger partial charge on any atom is 0.335 e. The summed E-state index contributed by atoms with van der Waals surface area (Å²) < 4.78 is 0. The van der Waals surface area contributed by atoms with E-state index in [0.29, 0.717) is 12.1 Å². The van der Waals surface area contributed by atoms with E-state index in [-0.39, 0.29) is 5.75 Å². The zero-order valence-electron chi connectivity index (χ0n) is 13.9. The molecular weight excluding hydrogens is 314 g/mol. The van der Waals surface area contributed by atoms with Crippen molar-refractivity contribution in [3.8, 4) is 5.75 Å². The van der Waals surface area contributed by atoms with Crippen LogP contribution in [0.25, 0.3) is 10.8 Å². The van der Waals surface area contributed by atoms with Gasteiger partial charge in [-0.15, -0.1) is 0 Å². The fourth-order valence-electron chi connectivity index (χ4n) is 2.50. The lowest BCUT2D eigenvalue weighted by Crippen LogP contribution is -2.31. The van der Waals surface area contributed by atoms with Crippen molar-refractivity contribution in [3.63, 3.8) is 0 Å². The first-order valence-corrected chi connectivity index (χ1v) is 7.96. The Kier molecular flexibility index (Phi) is 4.95. The SMILES string of the molecule is Cc1ccc(CNC(=O)NN=Cc2c(O)ccc3ccccc23)cc1. The molecule has 2 amide bonds. The quantitative estimate of drug-likeness (QED) is 0.503. The number of urea groups is 1. The van der Waals surface area contributed by atoms with Crippen LogP contribution in [0.5, 0.6) is 5.75 Å². The fourth-order valence-corrected chi connectivity index (χ4v) is 2.50. The molecule has 0 radical (unpaired) electrons. The van der Waals surface area contributed by atoms with E-state index >= 15 is 0 Å². The summed E-state index contributed by atoms with van der Waals surface area (Å²) in [7, 11) is 0. The number of hydrogen-bond acceptors (Lipinski definition) is 3. The average molecular weight is 333 g/mol. The van der Waals surface area contributed by atoms with Gasteiger partial charge < -0.3 is 10.4 Å². The minimum absolute atomic E-state index is 0.115. The molecule has 3 aromatic rings. The summed E-state index contributed by atoms with van der Waals surface area (Å²) in [6.07, 6.45) is 1.45. The van der Waals surface area contributed by atoms with Crippen LogP contribution in [0, 0.1) is 6.92 Å². The Balaban J connectivity index is 1.62. The number of phenolic OH excluding ortho intramolecular Hbond substituents is 1. The minimum atomic E-state index is -0.406. The standard InChI is InChI=1S/C20H19N3O2/c1-14-6-8-15(9-7-14)12-21-20(25)23-22-13-18-17-5-3-2-4-16(17)10-11-19(18)24/h2-11,13,24H,12H2,1H3,(H2,21,23,25). The number of hydrogen-bond donors (Lipinski definition) is 3. The molecule has 126 valence electrons. The van der Waals surface area contributed by atoms with Crippen molar-refractivity contribution in [3.05, 3.63) is 77.4 Å². The smallest absolute Gasteiger partial charge is 0.335 e. The Labute approximate surface area is 146 Å². The third-order valence-electron chi connectivity index (χ3n) is 3.88. The zero-order valence-corrected chi connectivity index (χ0v) is 13.9. The Bertz CT molecular complexity index is 918. The van der Waals surface area contributed by atoms with Crippen LogP contribution in [0.3, 0.4) is 0 Å². The van der Waals surface area contributed by atoms with Crippen LogP contribution in [0.1, 0.15) is 16.7 Å². The number of aryl methyl sites for hydroxylation is 1. The number of phenols is 1. The molecule has 0 saturated carbocycles. The van der Waals surface area contributed by atoms with Crippen molar-refractivity contribution in [2.24, 2.45) is 5.10 Å². The van der Waals surface area contributed by atoms with E-state index in [1.807, 2.05) is 61.5 Å². The summed E-state index contributed by atoms with van der Waals surface area (Å²) in [6.45, 7) is 2.43. The van der Waals surface area contributed by atoms with Gasteiger partial charge in [0, 0.05) is 12.1 Å². The molecule has 0 bridgehead atoms. The Morgan fingerprint density at radius 3 is 2.64 bits per heavy atom. The second kappa shape index (κ2) is 7.49. The number of nitrogens with one attached hydrogen (secondary N) is 2. The van der Waals surface area contributed by atoms with Crippen molar-refractivity contribution >= 4 is 23.0 Å². The third-order valence-corrected chi connectivity index (χ3v) is 3.88. The number of hydrazone groups is 1. The maximum atomic E-state index is 11.8. The van der Waals surface area contributed by atoms with Gasteiger partial charge in [0.15, 0.2) is 0 Å². The minimum Gasteiger partial charge on any atom is -0.507 e. The highest BCUT2D eigenvalue weighted by atomic mass is 16.3. The third kappa shape index (κ3) is 4.14. The van der Waals surface area contributed by atoms with Gasteiger partial charge in [0.25, 0.3) is 0 Å². The molecule has 5 nitrogen and oxygen atoms in total. The number of carbonyl (C=O) groups is 1. The summed E-state index contributed by atoms with van der Waals surface area (Å²) in [5.41, 5.74) is 5.16. The molecule has 0 unspecified atom stereocenters. The van der Waals surface area contributed by atoms with Gasteiger partial charge in [0.05, 0.1) is 6.21 Å². The molecule has 0 fully saturated rings. The molecule has 0 saturated heterocycles. The number of nitrogens with zero attached hydrogens (tertiary/aromatic N) is 1. The van der Waals surface area contributed by atoms with Gasteiger partial charge >= 0.3 is 6.03 Å². The first-order chi connectivity index (χ1) is 12.1. The first kappa shape index (κ1) is 16.5. The maximum absolute atomic E-state index is 11.8. The normalized spacial score (nSPS) is 10.9. The summed E-state index contributed by atoms with van der Waals surface area (Å²) >= 11 is 0. The largest absolute Gasteiger partial charge is 0.507 e. The monoisotopic (exact) mass is 333 g/mol. The van der Waals surface area contributed by atoms with Gasteiger partial charge in [-0.2, -0.15) is 5.10 Å². The summed E-state index contributed by atoms with van der Waals surface area (Å²) in [5, 5.41) is 18.6. The molecule has 3 N–H and O–H groups in total. The lowest BCUT2D eigenvalue weighted by atomic mass is 10.0. The van der Waals surface area contributed by atoms with Gasteiger partial charge in [-0.25, -0.2) is 10.2 Å². The highest BCUT2D eigenvalue weighted by Gasteiger charge is 2.04. The molecule has 0 aromatic heterocycles. The molecule has 25 heavy (non-hydrogen) atoms. The van der Waals surface area contributed by atoms with Gasteiger partial charge in [-0.1, -0.05) is 60.2 Å². The molecule has 0 heterocycles. The number of rotatable bonds is 4. The van der Waals surface area contributed by atoms with Crippen LogP contribution in [0.2, 0.25) is 0 Å². The Morgan fingerprint density at radius 1 is 1.08 bits per heavy atom. The van der Waals surface area contributed by atoms with E-state index < -0.39 is 6.03 Å². The summed E-state index contributed by atoms with van der Waals surface area (Å²) in [6, 6.07) is 18.6. The number of aromatic hydroxyl groups is 1. The van der Waals surface area contributed by atoms with Gasteiger partial charge in [0.1, 0.15) is 5.75 Å². The molecule has 0 aliphatic rings. The summed E-state index contributed by atoms with van der Waals surface area (Å²) in [5.74, 6) is 0.115. The van der Waals surface area contributed by atoms with Crippen LogP contribution in [0.15, 0.2) is 65.8 Å². The molecule has 3 rings (SSSR count). The highest BCUT2D eigenvalue weighted by Crippen LogP contribution is 2.25. The molecule has 3 aromatic carbocycles. The van der Waals surface area contributed by atoms with Gasteiger partial charge in [0.2, 0.25) is 0 Å². The van der Waals surface area contributed by atoms with Gasteiger partial charge in [-0.05, 0) is 29.3 Å². The van der Waals surface area contributed by atoms with E-state index in [9.17, 15) is 9.90 Å². The molecule has 0 aliphatic heterocycles. The van der Waals surface area contributed by atoms with Crippen molar-refractivity contribution in [1.29, 1.82) is 0 Å². The topological polar surface area (TPSA) is 73.7 Å². The van der Waals surface area contributed by atoms with Crippen molar-refractivity contribution in [2.45, 2.75) is 13.5 Å². The number of benzene rings is 3. The highest BCUT2D eigenvalue weighted by molar-refractivity contribution is 6.02. The van der Waals surface area contributed by atoms with Crippen molar-refractivity contribution in [1.82, 2.24) is 10.7 Å². The molecular formula is C20H19N3O2. The van der Waals surface area contributed by atoms with Crippen LogP contribution in [-0.4, -0.2) is 17.4 Å². The second-order valence-electron chi connectivity index (χ2n) is 5.76. The van der Waals surface area contributed by atoms with Crippen molar-refractivity contribution in [2.75, 3.05) is 0 Å². The Morgan fingerprint density at radius 2 is 1.84 bits per heavy atom. The lowest BCUT2D eigenvalue weighted by Gasteiger charge is -2.06.